The fourth-order valence-electron chi connectivity index (χ4n) is 2.58. The van der Waals surface area contributed by atoms with E-state index in [2.05, 4.69) is 0 Å². The second kappa shape index (κ2) is 4.45. The molecule has 0 unspecified atom stereocenters. The van der Waals surface area contributed by atoms with Crippen LogP contribution in [0.2, 0.25) is 0 Å². The van der Waals surface area contributed by atoms with E-state index in [-0.39, 0.29) is 29.6 Å². The number of hydrogen-bond acceptors (Lipinski definition) is 5. The van der Waals surface area contributed by atoms with Crippen molar-refractivity contribution in [2.75, 3.05) is 6.61 Å². The van der Waals surface area contributed by atoms with Crippen LogP contribution in [0.3, 0.4) is 0 Å². The van der Waals surface area contributed by atoms with Gasteiger partial charge >= 0.3 is 35.5 Å². The van der Waals surface area contributed by atoms with Crippen LogP contribution >= 0.6 is 0 Å². The topological polar surface area (TPSA) is 112 Å². The Morgan fingerprint density at radius 3 is 2.33 bits per heavy atom. The van der Waals surface area contributed by atoms with Crippen molar-refractivity contribution >= 4 is 51.3 Å². The molecule has 2 N–H and O–H groups in total. The standard InChI is InChI=1S/C9H13NO6S.Na.H/c1-9(2)5(8(13)14)10-6(12)4(3-11)7(10)17(9,15)16;;/h4-5,7,11H,3H2,1-2H3,(H,13,14);;/t4-,5+,7-;;/m1../s1. The zero-order valence-electron chi connectivity index (χ0n) is 9.32. The van der Waals surface area contributed by atoms with Crippen LogP contribution in [0.4, 0.5) is 0 Å². The molecule has 0 aromatic rings. The van der Waals surface area contributed by atoms with Crippen molar-refractivity contribution in [1.82, 2.24) is 4.90 Å². The minimum atomic E-state index is -3.79. The quantitative estimate of drug-likeness (QED) is 0.439. The molecule has 2 aliphatic rings. The van der Waals surface area contributed by atoms with Gasteiger partial charge in [-0.15, -0.1) is 0 Å². The number of aliphatic hydroxyl groups excluding tert-OH is 1. The third-order valence-electron chi connectivity index (χ3n) is 3.61. The van der Waals surface area contributed by atoms with Gasteiger partial charge in [-0.1, -0.05) is 0 Å². The molecule has 0 saturated carbocycles. The van der Waals surface area contributed by atoms with Gasteiger partial charge < -0.3 is 15.1 Å². The first kappa shape index (κ1) is 15.9. The summed E-state index contributed by atoms with van der Waals surface area (Å²) in [6.07, 6.45) is 0. The zero-order chi connectivity index (χ0) is 13.2. The van der Waals surface area contributed by atoms with E-state index < -0.39 is 50.4 Å². The van der Waals surface area contributed by atoms with Gasteiger partial charge in [0.05, 0.1) is 17.3 Å². The molecule has 98 valence electrons. The number of carbonyl (C=O) groups excluding carboxylic acids is 1. The Hall–Kier alpha value is -0.150. The van der Waals surface area contributed by atoms with Crippen LogP contribution in [-0.4, -0.2) is 87.7 Å². The molecule has 0 spiro atoms. The van der Waals surface area contributed by atoms with E-state index in [1.54, 1.807) is 0 Å². The molecule has 0 bridgehead atoms. The Bertz CT molecular complexity index is 501. The number of carbonyl (C=O) groups is 2. The molecule has 0 aromatic carbocycles. The number of aliphatic carboxylic acids is 1. The first-order valence-electron chi connectivity index (χ1n) is 5.07. The monoisotopic (exact) mass is 287 g/mol. The van der Waals surface area contributed by atoms with Gasteiger partial charge in [0.2, 0.25) is 5.91 Å². The van der Waals surface area contributed by atoms with Crippen molar-refractivity contribution in [3.05, 3.63) is 0 Å². The van der Waals surface area contributed by atoms with Crippen molar-refractivity contribution in [2.24, 2.45) is 5.92 Å². The van der Waals surface area contributed by atoms with E-state index >= 15 is 0 Å². The van der Waals surface area contributed by atoms with Gasteiger partial charge in [0, 0.05) is 0 Å². The third kappa shape index (κ3) is 1.59. The summed E-state index contributed by atoms with van der Waals surface area (Å²) < 4.78 is 22.7. The van der Waals surface area contributed by atoms with E-state index in [1.165, 1.54) is 13.8 Å². The Kier molecular flexibility index (Phi) is 3.93. The predicted molar refractivity (Wildman–Crippen MR) is 62.8 cm³/mol. The number of fused-ring (bicyclic) bond motifs is 1. The minimum absolute atomic E-state index is 0. The molecule has 0 aliphatic carbocycles. The van der Waals surface area contributed by atoms with Gasteiger partial charge in [0.1, 0.15) is 11.4 Å². The maximum absolute atomic E-state index is 12.1. The van der Waals surface area contributed by atoms with Crippen molar-refractivity contribution in [1.29, 1.82) is 0 Å². The van der Waals surface area contributed by atoms with Crippen molar-refractivity contribution in [3.8, 4) is 0 Å². The second-order valence-corrected chi connectivity index (χ2v) is 7.44. The van der Waals surface area contributed by atoms with Crippen molar-refractivity contribution < 1.29 is 28.2 Å². The number of carboxylic acids is 1. The summed E-state index contributed by atoms with van der Waals surface area (Å²) in [6, 6.07) is -1.38. The van der Waals surface area contributed by atoms with Crippen LogP contribution in [0.5, 0.6) is 0 Å². The normalized spacial score (nSPS) is 35.4. The molecule has 0 radical (unpaired) electrons. The van der Waals surface area contributed by atoms with Crippen LogP contribution in [0.1, 0.15) is 13.8 Å². The van der Waals surface area contributed by atoms with Gasteiger partial charge in [-0.05, 0) is 13.8 Å². The molecular formula is C9H14NNaO6S. The fraction of sp³-hybridized carbons (Fsp3) is 0.778. The number of sulfone groups is 1. The molecule has 2 fully saturated rings. The van der Waals surface area contributed by atoms with Crippen LogP contribution < -0.4 is 0 Å². The molecule has 9 heteroatoms. The Balaban J connectivity index is 0.00000162. The number of carboxylic acid groups (broad SMARTS) is 1. The zero-order valence-corrected chi connectivity index (χ0v) is 10.1. The van der Waals surface area contributed by atoms with E-state index in [0.717, 1.165) is 4.90 Å². The Morgan fingerprint density at radius 1 is 1.44 bits per heavy atom. The Labute approximate surface area is 126 Å². The van der Waals surface area contributed by atoms with Gasteiger partial charge in [0.15, 0.2) is 9.84 Å². The van der Waals surface area contributed by atoms with E-state index in [4.69, 9.17) is 10.2 Å². The van der Waals surface area contributed by atoms with Gasteiger partial charge in [-0.25, -0.2) is 13.2 Å². The molecular weight excluding hydrogens is 273 g/mol. The molecule has 0 aromatic heterocycles. The summed E-state index contributed by atoms with van der Waals surface area (Å²) in [7, 11) is -3.79. The summed E-state index contributed by atoms with van der Waals surface area (Å²) in [4.78, 5) is 23.6. The van der Waals surface area contributed by atoms with E-state index in [1.807, 2.05) is 0 Å². The second-order valence-electron chi connectivity index (χ2n) is 4.81. The average Bonchev–Trinajstić information content (AvgIpc) is 2.32. The maximum atomic E-state index is 12.1. The molecule has 7 nitrogen and oxygen atoms in total. The van der Waals surface area contributed by atoms with Gasteiger partial charge in [-0.3, -0.25) is 4.79 Å². The number of rotatable bonds is 2. The number of nitrogens with zero attached hydrogens (tertiary/aromatic N) is 1. The van der Waals surface area contributed by atoms with Crippen molar-refractivity contribution in [3.63, 3.8) is 0 Å². The van der Waals surface area contributed by atoms with Gasteiger partial charge in [-0.2, -0.15) is 0 Å². The SMILES string of the molecule is CC1(C)[C@H](C(=O)O)N2C(=O)[C@@H](CO)[C@H]2S1(=O)=O.[NaH]. The predicted octanol–water partition coefficient (Wildman–Crippen LogP) is -2.23. The summed E-state index contributed by atoms with van der Waals surface area (Å²) in [5.74, 6) is -2.98. The van der Waals surface area contributed by atoms with Crippen LogP contribution in [0.25, 0.3) is 0 Å². The Morgan fingerprint density at radius 2 is 1.94 bits per heavy atom. The van der Waals surface area contributed by atoms with Gasteiger partial charge in [0.25, 0.3) is 0 Å². The fourth-order valence-corrected chi connectivity index (χ4v) is 4.88. The molecule has 18 heavy (non-hydrogen) atoms. The summed E-state index contributed by atoms with van der Waals surface area (Å²) in [5, 5.41) is 16.8. The molecule has 2 saturated heterocycles. The van der Waals surface area contributed by atoms with E-state index in [0.29, 0.717) is 0 Å². The van der Waals surface area contributed by atoms with Crippen LogP contribution in [-0.2, 0) is 19.4 Å². The van der Waals surface area contributed by atoms with Crippen molar-refractivity contribution in [2.45, 2.75) is 30.0 Å². The summed E-state index contributed by atoms with van der Waals surface area (Å²) in [5.41, 5.74) is 0. The van der Waals surface area contributed by atoms with E-state index in [9.17, 15) is 18.0 Å². The molecule has 2 heterocycles. The average molecular weight is 287 g/mol. The summed E-state index contributed by atoms with van der Waals surface area (Å²) in [6.45, 7) is 2.00. The molecule has 2 rings (SSSR count). The number of hydrogen-bond donors (Lipinski definition) is 2. The van der Waals surface area contributed by atoms with Crippen LogP contribution in [0.15, 0.2) is 0 Å². The first-order chi connectivity index (χ1) is 7.67. The number of β-lactam (4-membered cyclic amide) rings is 1. The number of aliphatic hydroxyl groups is 1. The number of amides is 1. The molecule has 3 atom stereocenters. The van der Waals surface area contributed by atoms with Crippen LogP contribution in [0, 0.1) is 5.92 Å². The first-order valence-corrected chi connectivity index (χ1v) is 6.62. The summed E-state index contributed by atoms with van der Waals surface area (Å²) >= 11 is 0. The molecule has 1 amide bonds. The molecule has 2 aliphatic heterocycles. The third-order valence-corrected chi connectivity index (χ3v) is 6.49.